The number of benzene rings is 1. The summed E-state index contributed by atoms with van der Waals surface area (Å²) < 4.78 is 13.1. The van der Waals surface area contributed by atoms with Crippen LogP contribution in [0.15, 0.2) is 22.7 Å². The third kappa shape index (κ3) is 7.18. The first kappa shape index (κ1) is 29.9. The van der Waals surface area contributed by atoms with Crippen LogP contribution in [0.1, 0.15) is 64.4 Å². The van der Waals surface area contributed by atoms with Crippen LogP contribution in [0, 0.1) is 0 Å². The van der Waals surface area contributed by atoms with E-state index in [-0.39, 0.29) is 24.1 Å². The molecule has 2 unspecified atom stereocenters. The van der Waals surface area contributed by atoms with Crippen LogP contribution in [0.2, 0.25) is 0 Å². The van der Waals surface area contributed by atoms with Crippen molar-refractivity contribution < 1.29 is 19.1 Å². The van der Waals surface area contributed by atoms with Crippen LogP contribution in [0.4, 0.5) is 9.80 Å². The van der Waals surface area contributed by atoms with Crippen molar-refractivity contribution in [3.63, 3.8) is 0 Å². The minimum Gasteiger partial charge on any atom is -0.444 e. The molecule has 1 aromatic carbocycles. The lowest BCUT2D eigenvalue weighted by atomic mass is 9.93. The molecule has 3 heterocycles. The third-order valence-corrected chi connectivity index (χ3v) is 9.25. The highest BCUT2D eigenvalue weighted by Gasteiger charge is 2.39. The van der Waals surface area contributed by atoms with Crippen LogP contribution in [0.3, 0.4) is 0 Å². The predicted molar refractivity (Wildman–Crippen MR) is 163 cm³/mol. The maximum absolute atomic E-state index is 13.2. The molecule has 0 bridgehead atoms. The molecule has 1 aliphatic heterocycles. The molecule has 0 aliphatic carbocycles. The number of nitrogens with zero attached hydrogens (tertiary/aromatic N) is 2. The molecule has 2 atom stereocenters. The third-order valence-electron chi connectivity index (χ3n) is 6.39. The fraction of sp³-hybridized carbons (Fsp3) is 0.536. The van der Waals surface area contributed by atoms with Gasteiger partial charge in [0.1, 0.15) is 15.6 Å². The number of amides is 2. The van der Waals surface area contributed by atoms with Crippen molar-refractivity contribution in [2.45, 2.75) is 72.1 Å². The monoisotopic (exact) mass is 636 g/mol. The van der Waals surface area contributed by atoms with Gasteiger partial charge in [0.15, 0.2) is 0 Å². The quantitative estimate of drug-likeness (QED) is 0.246. The molecular formula is C28H37BrN4O4S2. The summed E-state index contributed by atoms with van der Waals surface area (Å²) >= 11 is 6.69. The lowest BCUT2D eigenvalue weighted by Crippen LogP contribution is -2.46. The van der Waals surface area contributed by atoms with Crippen LogP contribution in [0.25, 0.3) is 20.8 Å². The maximum Gasteiger partial charge on any atom is 0.411 e. The van der Waals surface area contributed by atoms with Gasteiger partial charge in [0.2, 0.25) is 5.91 Å². The minimum absolute atomic E-state index is 0.0627. The highest BCUT2D eigenvalue weighted by atomic mass is 79.9. The summed E-state index contributed by atoms with van der Waals surface area (Å²) in [4.78, 5) is 34.0. The molecular weight excluding hydrogens is 600 g/mol. The van der Waals surface area contributed by atoms with Crippen LogP contribution in [-0.2, 0) is 20.7 Å². The molecule has 11 heteroatoms. The van der Waals surface area contributed by atoms with Crippen molar-refractivity contribution in [1.82, 2.24) is 15.2 Å². The van der Waals surface area contributed by atoms with E-state index in [2.05, 4.69) is 32.6 Å². The SMILES string of the molecule is CCOCCNCCC(=O)Nc1sc2c(c1-c1nc3cc(Br)ccc3s1)CC(C)N(C(=O)OC(C)(C)C)C2C. The van der Waals surface area contributed by atoms with E-state index in [0.29, 0.717) is 39.1 Å². The molecule has 2 N–H and O–H groups in total. The Bertz CT molecular complexity index is 1330. The highest BCUT2D eigenvalue weighted by Crippen LogP contribution is 2.50. The summed E-state index contributed by atoms with van der Waals surface area (Å²) in [5, 5.41) is 8.07. The van der Waals surface area contributed by atoms with E-state index in [1.165, 1.54) is 11.3 Å². The summed E-state index contributed by atoms with van der Waals surface area (Å²) in [6, 6.07) is 5.81. The van der Waals surface area contributed by atoms with Crippen molar-refractivity contribution in [3.8, 4) is 10.6 Å². The second kappa shape index (κ2) is 12.6. The molecule has 4 rings (SSSR count). The molecule has 0 saturated carbocycles. The first-order valence-electron chi connectivity index (χ1n) is 13.3. The Morgan fingerprint density at radius 3 is 2.69 bits per heavy atom. The fourth-order valence-electron chi connectivity index (χ4n) is 4.70. The van der Waals surface area contributed by atoms with E-state index < -0.39 is 5.60 Å². The number of halogens is 1. The number of hydrogen-bond donors (Lipinski definition) is 2. The number of thiophene rings is 1. The number of aromatic nitrogens is 1. The molecule has 212 valence electrons. The molecule has 0 saturated heterocycles. The molecule has 2 aromatic heterocycles. The van der Waals surface area contributed by atoms with E-state index in [0.717, 1.165) is 40.7 Å². The van der Waals surface area contributed by atoms with Crippen LogP contribution >= 0.6 is 38.6 Å². The maximum atomic E-state index is 13.2. The van der Waals surface area contributed by atoms with Gasteiger partial charge in [-0.1, -0.05) is 15.9 Å². The number of fused-ring (bicyclic) bond motifs is 2. The summed E-state index contributed by atoms with van der Waals surface area (Å²) in [6.45, 7) is 14.2. The largest absolute Gasteiger partial charge is 0.444 e. The molecule has 39 heavy (non-hydrogen) atoms. The normalized spacial score (nSPS) is 17.4. The number of thiazole rings is 1. The van der Waals surface area contributed by atoms with Crippen LogP contribution in [-0.4, -0.2) is 59.8 Å². The van der Waals surface area contributed by atoms with Gasteiger partial charge in [0.05, 0.1) is 22.9 Å². The van der Waals surface area contributed by atoms with Crippen LogP contribution < -0.4 is 10.6 Å². The zero-order valence-electron chi connectivity index (χ0n) is 23.4. The topological polar surface area (TPSA) is 92.8 Å². The van der Waals surface area contributed by atoms with Crippen molar-refractivity contribution in [3.05, 3.63) is 33.1 Å². The van der Waals surface area contributed by atoms with Crippen LogP contribution in [0.5, 0.6) is 0 Å². The van der Waals surface area contributed by atoms with Gasteiger partial charge in [-0.3, -0.25) is 9.69 Å². The molecule has 0 radical (unpaired) electrons. The number of ether oxygens (including phenoxy) is 2. The van der Waals surface area contributed by atoms with E-state index in [9.17, 15) is 9.59 Å². The van der Waals surface area contributed by atoms with Crippen molar-refractivity contribution in [2.24, 2.45) is 0 Å². The van der Waals surface area contributed by atoms with E-state index in [4.69, 9.17) is 14.5 Å². The lowest BCUT2D eigenvalue weighted by Gasteiger charge is -2.39. The molecule has 3 aromatic rings. The van der Waals surface area contributed by atoms with E-state index >= 15 is 0 Å². The van der Waals surface area contributed by atoms with Crippen molar-refractivity contribution >= 4 is 65.8 Å². The Morgan fingerprint density at radius 1 is 1.21 bits per heavy atom. The Balaban J connectivity index is 1.66. The van der Waals surface area contributed by atoms with Gasteiger partial charge < -0.3 is 20.1 Å². The zero-order valence-corrected chi connectivity index (χ0v) is 26.6. The van der Waals surface area contributed by atoms with Gasteiger partial charge in [0, 0.05) is 47.1 Å². The smallest absolute Gasteiger partial charge is 0.411 e. The fourth-order valence-corrected chi connectivity index (χ4v) is 7.44. The summed E-state index contributed by atoms with van der Waals surface area (Å²) in [7, 11) is 0. The average Bonchev–Trinajstić information content (AvgIpc) is 3.40. The standard InChI is InChI=1S/C28H37BrN4O4S2/c1-7-36-13-12-30-11-10-22(34)32-26-23(25-31-20-15-18(29)8-9-21(20)38-25)19-14-16(2)33(17(3)24(19)39-26)27(35)37-28(4,5)6/h8-9,15-17,30H,7,10-14H2,1-6H3,(H,32,34). The number of carbonyl (C=O) groups excluding carboxylic acids is 2. The molecule has 0 spiro atoms. The number of rotatable bonds is 9. The first-order chi connectivity index (χ1) is 18.5. The Morgan fingerprint density at radius 2 is 1.97 bits per heavy atom. The van der Waals surface area contributed by atoms with Crippen molar-refractivity contribution in [2.75, 3.05) is 31.6 Å². The zero-order chi connectivity index (χ0) is 28.3. The Hall–Kier alpha value is -2.05. The van der Waals surface area contributed by atoms with Gasteiger partial charge in [-0.15, -0.1) is 22.7 Å². The average molecular weight is 638 g/mol. The second-order valence-electron chi connectivity index (χ2n) is 10.6. The number of nitrogens with one attached hydrogen (secondary N) is 2. The van der Waals surface area contributed by atoms with Gasteiger partial charge >= 0.3 is 6.09 Å². The van der Waals surface area contributed by atoms with Crippen molar-refractivity contribution in [1.29, 1.82) is 0 Å². The molecule has 8 nitrogen and oxygen atoms in total. The molecule has 1 aliphatic rings. The Kier molecular flexibility index (Phi) is 9.69. The summed E-state index contributed by atoms with van der Waals surface area (Å²) in [5.74, 6) is -0.0627. The van der Waals surface area contributed by atoms with E-state index in [1.54, 1.807) is 11.3 Å². The van der Waals surface area contributed by atoms with E-state index in [1.807, 2.05) is 58.6 Å². The Labute approximate surface area is 246 Å². The summed E-state index contributed by atoms with van der Waals surface area (Å²) in [5.41, 5.74) is 2.44. The van der Waals surface area contributed by atoms with Gasteiger partial charge in [-0.05, 0) is 71.7 Å². The lowest BCUT2D eigenvalue weighted by molar-refractivity contribution is -0.116. The van der Waals surface area contributed by atoms with Gasteiger partial charge in [-0.25, -0.2) is 9.78 Å². The first-order valence-corrected chi connectivity index (χ1v) is 15.7. The molecule has 2 amide bonds. The van der Waals surface area contributed by atoms with Gasteiger partial charge in [-0.2, -0.15) is 0 Å². The number of carbonyl (C=O) groups is 2. The summed E-state index contributed by atoms with van der Waals surface area (Å²) in [6.07, 6.45) is 0.674. The minimum atomic E-state index is -0.581. The molecule has 0 fully saturated rings. The number of hydrogen-bond acceptors (Lipinski definition) is 8. The second-order valence-corrected chi connectivity index (χ2v) is 13.6. The predicted octanol–water partition coefficient (Wildman–Crippen LogP) is 6.98. The van der Waals surface area contributed by atoms with Gasteiger partial charge in [0.25, 0.3) is 0 Å². The highest BCUT2D eigenvalue weighted by molar-refractivity contribution is 9.10. The number of anilines is 1.